The van der Waals surface area contributed by atoms with E-state index in [9.17, 15) is 9.90 Å². The van der Waals surface area contributed by atoms with Gasteiger partial charge in [0.05, 0.1) is 18.0 Å². The minimum absolute atomic E-state index is 0.0250. The van der Waals surface area contributed by atoms with Gasteiger partial charge in [-0.15, -0.1) is 0 Å². The fourth-order valence-corrected chi connectivity index (χ4v) is 3.13. The van der Waals surface area contributed by atoms with Gasteiger partial charge in [0.25, 0.3) is 0 Å². The average Bonchev–Trinajstić information content (AvgIpc) is 2.98. The van der Waals surface area contributed by atoms with Crippen molar-refractivity contribution in [3.8, 4) is 5.75 Å². The van der Waals surface area contributed by atoms with Crippen molar-refractivity contribution in [2.24, 2.45) is 5.92 Å². The van der Waals surface area contributed by atoms with Gasteiger partial charge in [0.2, 0.25) is 5.91 Å². The number of aromatic hydroxyl groups is 1. The molecule has 3 rings (SSSR count). The van der Waals surface area contributed by atoms with Crippen molar-refractivity contribution in [3.05, 3.63) is 46.1 Å². The SMILES string of the molecule is CC(C)CCc1nc2c(o1)CCN(C(=O)Cc1ccc(O)c(Cl)c1)C2. The lowest BCUT2D eigenvalue weighted by molar-refractivity contribution is -0.131. The molecular formula is C19H23ClN2O3. The molecule has 25 heavy (non-hydrogen) atoms. The van der Waals surface area contributed by atoms with E-state index in [0.717, 1.165) is 35.7 Å². The number of carbonyl (C=O) groups excluding carboxylic acids is 1. The molecule has 1 amide bonds. The fourth-order valence-electron chi connectivity index (χ4n) is 2.93. The van der Waals surface area contributed by atoms with Crippen LogP contribution in [0.4, 0.5) is 0 Å². The molecule has 0 atom stereocenters. The van der Waals surface area contributed by atoms with Crippen LogP contribution in [-0.4, -0.2) is 27.4 Å². The molecule has 0 aliphatic carbocycles. The van der Waals surface area contributed by atoms with Crippen molar-refractivity contribution in [1.82, 2.24) is 9.88 Å². The fraction of sp³-hybridized carbons (Fsp3) is 0.474. The molecule has 5 nitrogen and oxygen atoms in total. The first-order valence-corrected chi connectivity index (χ1v) is 9.02. The highest BCUT2D eigenvalue weighted by atomic mass is 35.5. The Morgan fingerprint density at radius 1 is 1.44 bits per heavy atom. The van der Waals surface area contributed by atoms with E-state index >= 15 is 0 Å². The normalized spacial score (nSPS) is 14.0. The Morgan fingerprint density at radius 3 is 2.96 bits per heavy atom. The van der Waals surface area contributed by atoms with E-state index in [4.69, 9.17) is 16.0 Å². The number of carbonyl (C=O) groups is 1. The lowest BCUT2D eigenvalue weighted by Gasteiger charge is -2.25. The highest BCUT2D eigenvalue weighted by molar-refractivity contribution is 6.32. The third-order valence-electron chi connectivity index (χ3n) is 4.43. The van der Waals surface area contributed by atoms with Gasteiger partial charge in [0.15, 0.2) is 5.89 Å². The summed E-state index contributed by atoms with van der Waals surface area (Å²) in [7, 11) is 0. The number of halogens is 1. The zero-order valence-corrected chi connectivity index (χ0v) is 15.3. The summed E-state index contributed by atoms with van der Waals surface area (Å²) in [5.74, 6) is 2.35. The summed E-state index contributed by atoms with van der Waals surface area (Å²) < 4.78 is 5.84. The van der Waals surface area contributed by atoms with Gasteiger partial charge in [-0.1, -0.05) is 31.5 Å². The highest BCUT2D eigenvalue weighted by Gasteiger charge is 2.25. The summed E-state index contributed by atoms with van der Waals surface area (Å²) in [6.07, 6.45) is 2.84. The summed E-state index contributed by atoms with van der Waals surface area (Å²) in [5, 5.41) is 9.73. The van der Waals surface area contributed by atoms with Crippen molar-refractivity contribution >= 4 is 17.5 Å². The van der Waals surface area contributed by atoms with Crippen molar-refractivity contribution in [1.29, 1.82) is 0 Å². The van der Waals surface area contributed by atoms with Crippen LogP contribution in [0.25, 0.3) is 0 Å². The second kappa shape index (κ2) is 7.48. The first-order valence-electron chi connectivity index (χ1n) is 8.65. The Kier molecular flexibility index (Phi) is 5.33. The van der Waals surface area contributed by atoms with Crippen LogP contribution in [0.5, 0.6) is 5.75 Å². The topological polar surface area (TPSA) is 66.6 Å². The molecule has 2 aromatic rings. The summed E-state index contributed by atoms with van der Waals surface area (Å²) in [4.78, 5) is 18.9. The summed E-state index contributed by atoms with van der Waals surface area (Å²) in [5.41, 5.74) is 1.67. The summed E-state index contributed by atoms with van der Waals surface area (Å²) in [6.45, 7) is 5.49. The minimum Gasteiger partial charge on any atom is -0.506 e. The van der Waals surface area contributed by atoms with Crippen LogP contribution in [0.3, 0.4) is 0 Å². The molecule has 0 radical (unpaired) electrons. The van der Waals surface area contributed by atoms with Crippen LogP contribution in [0, 0.1) is 5.92 Å². The van der Waals surface area contributed by atoms with E-state index in [1.165, 1.54) is 6.07 Å². The second-order valence-electron chi connectivity index (χ2n) is 6.94. The molecule has 0 spiro atoms. The maximum atomic E-state index is 12.6. The zero-order valence-electron chi connectivity index (χ0n) is 14.6. The molecule has 1 aliphatic rings. The van der Waals surface area contributed by atoms with E-state index in [1.807, 2.05) is 0 Å². The van der Waals surface area contributed by atoms with Crippen LogP contribution in [0.1, 0.15) is 43.2 Å². The van der Waals surface area contributed by atoms with Crippen LogP contribution < -0.4 is 0 Å². The molecule has 1 aromatic carbocycles. The van der Waals surface area contributed by atoms with Crippen molar-refractivity contribution in [2.45, 2.75) is 46.1 Å². The number of oxazole rings is 1. The molecule has 0 saturated heterocycles. The molecule has 2 heterocycles. The molecule has 0 saturated carbocycles. The smallest absolute Gasteiger partial charge is 0.227 e. The molecule has 134 valence electrons. The second-order valence-corrected chi connectivity index (χ2v) is 7.35. The Morgan fingerprint density at radius 2 is 2.24 bits per heavy atom. The number of amides is 1. The number of phenolic OH excluding ortho intramolecular Hbond substituents is 1. The van der Waals surface area contributed by atoms with Crippen LogP contribution in [0.2, 0.25) is 5.02 Å². The predicted molar refractivity (Wildman–Crippen MR) is 95.6 cm³/mol. The van der Waals surface area contributed by atoms with Gasteiger partial charge in [-0.05, 0) is 30.0 Å². The van der Waals surface area contributed by atoms with Crippen molar-refractivity contribution < 1.29 is 14.3 Å². The van der Waals surface area contributed by atoms with Gasteiger partial charge in [-0.25, -0.2) is 4.98 Å². The molecule has 1 N–H and O–H groups in total. The number of fused-ring (bicyclic) bond motifs is 1. The van der Waals surface area contributed by atoms with Crippen LogP contribution >= 0.6 is 11.6 Å². The first-order chi connectivity index (χ1) is 11.9. The number of aromatic nitrogens is 1. The van der Waals surface area contributed by atoms with Crippen LogP contribution in [0.15, 0.2) is 22.6 Å². The largest absolute Gasteiger partial charge is 0.506 e. The van der Waals surface area contributed by atoms with E-state index in [2.05, 4.69) is 18.8 Å². The van der Waals surface area contributed by atoms with E-state index in [1.54, 1.807) is 17.0 Å². The Labute approximate surface area is 152 Å². The highest BCUT2D eigenvalue weighted by Crippen LogP contribution is 2.25. The lowest BCUT2D eigenvalue weighted by Crippen LogP contribution is -2.36. The van der Waals surface area contributed by atoms with Crippen LogP contribution in [-0.2, 0) is 30.6 Å². The number of aryl methyl sites for hydroxylation is 1. The van der Waals surface area contributed by atoms with E-state index in [-0.39, 0.29) is 23.1 Å². The average molecular weight is 363 g/mol. The van der Waals surface area contributed by atoms with Gasteiger partial charge in [0, 0.05) is 19.4 Å². The number of hydrogen-bond acceptors (Lipinski definition) is 4. The maximum Gasteiger partial charge on any atom is 0.227 e. The number of nitrogens with zero attached hydrogens (tertiary/aromatic N) is 2. The van der Waals surface area contributed by atoms with Gasteiger partial charge >= 0.3 is 0 Å². The molecular weight excluding hydrogens is 340 g/mol. The van der Waals surface area contributed by atoms with Gasteiger partial charge < -0.3 is 14.4 Å². The maximum absolute atomic E-state index is 12.6. The molecule has 0 fully saturated rings. The molecule has 1 aliphatic heterocycles. The lowest BCUT2D eigenvalue weighted by atomic mass is 10.1. The number of rotatable bonds is 5. The molecule has 1 aromatic heterocycles. The number of hydrogen-bond donors (Lipinski definition) is 1. The van der Waals surface area contributed by atoms with Gasteiger partial charge in [-0.3, -0.25) is 4.79 Å². The van der Waals surface area contributed by atoms with Gasteiger partial charge in [-0.2, -0.15) is 0 Å². The Balaban J connectivity index is 1.63. The Hall–Kier alpha value is -2.01. The van der Waals surface area contributed by atoms with Gasteiger partial charge in [0.1, 0.15) is 17.2 Å². The zero-order chi connectivity index (χ0) is 18.0. The van der Waals surface area contributed by atoms with Crippen molar-refractivity contribution in [3.63, 3.8) is 0 Å². The van der Waals surface area contributed by atoms with Crippen molar-refractivity contribution in [2.75, 3.05) is 6.54 Å². The summed E-state index contributed by atoms with van der Waals surface area (Å²) in [6, 6.07) is 4.86. The quantitative estimate of drug-likeness (QED) is 0.879. The number of phenols is 1. The van der Waals surface area contributed by atoms with E-state index < -0.39 is 0 Å². The third-order valence-corrected chi connectivity index (χ3v) is 4.73. The standard InChI is InChI=1S/C19H23ClN2O3/c1-12(2)3-6-18-21-15-11-22(8-7-17(15)25-18)19(24)10-13-4-5-16(23)14(20)9-13/h4-5,9,12,23H,3,6-8,10-11H2,1-2H3. The molecule has 0 unspecified atom stereocenters. The van der Waals surface area contributed by atoms with E-state index in [0.29, 0.717) is 25.4 Å². The number of benzene rings is 1. The minimum atomic E-state index is 0.0250. The predicted octanol–water partition coefficient (Wildman–Crippen LogP) is 3.75. The molecule has 0 bridgehead atoms. The summed E-state index contributed by atoms with van der Waals surface area (Å²) >= 11 is 5.91. The Bertz CT molecular complexity index is 770. The first kappa shape index (κ1) is 17.8. The monoisotopic (exact) mass is 362 g/mol. The molecule has 6 heteroatoms. The third kappa shape index (κ3) is 4.34.